The van der Waals surface area contributed by atoms with Gasteiger partial charge < -0.3 is 10.3 Å². The SMILES string of the molecule is C=CCC(/C=C/c1ccccc1)[N-]OC. The molecule has 1 aromatic carbocycles. The molecule has 2 heteroatoms. The zero-order valence-electron chi connectivity index (χ0n) is 8.97. The third-order valence-electron chi connectivity index (χ3n) is 1.96. The van der Waals surface area contributed by atoms with Crippen molar-refractivity contribution in [3.05, 3.63) is 60.1 Å². The summed E-state index contributed by atoms with van der Waals surface area (Å²) >= 11 is 0. The summed E-state index contributed by atoms with van der Waals surface area (Å²) in [4.78, 5) is 4.77. The minimum atomic E-state index is 0.0488. The van der Waals surface area contributed by atoms with Crippen LogP contribution in [0.25, 0.3) is 11.6 Å². The summed E-state index contributed by atoms with van der Waals surface area (Å²) in [5, 5.41) is 0. The predicted octanol–water partition coefficient (Wildman–Crippen LogP) is 3.58. The van der Waals surface area contributed by atoms with E-state index in [1.165, 1.54) is 0 Å². The molecule has 0 aliphatic rings. The zero-order chi connectivity index (χ0) is 10.9. The Balaban J connectivity index is 2.56. The van der Waals surface area contributed by atoms with Gasteiger partial charge in [0.05, 0.1) is 0 Å². The minimum absolute atomic E-state index is 0.0488. The van der Waals surface area contributed by atoms with Crippen LogP contribution in [0.2, 0.25) is 0 Å². The Morgan fingerprint density at radius 1 is 1.40 bits per heavy atom. The molecule has 0 radical (unpaired) electrons. The molecule has 80 valence electrons. The molecule has 1 aromatic rings. The molecule has 0 saturated carbocycles. The van der Waals surface area contributed by atoms with E-state index in [0.29, 0.717) is 0 Å². The number of rotatable bonds is 6. The number of benzene rings is 1. The third kappa shape index (κ3) is 4.58. The molecule has 0 bridgehead atoms. The van der Waals surface area contributed by atoms with Crippen LogP contribution in [0.5, 0.6) is 0 Å². The van der Waals surface area contributed by atoms with Crippen LogP contribution in [0.15, 0.2) is 49.1 Å². The Kier molecular flexibility index (Phi) is 5.44. The van der Waals surface area contributed by atoms with Gasteiger partial charge in [0.1, 0.15) is 0 Å². The Hall–Kier alpha value is -1.38. The molecule has 15 heavy (non-hydrogen) atoms. The Morgan fingerprint density at radius 2 is 2.13 bits per heavy atom. The monoisotopic (exact) mass is 202 g/mol. The van der Waals surface area contributed by atoms with Crippen molar-refractivity contribution in [3.63, 3.8) is 0 Å². The molecule has 1 rings (SSSR count). The predicted molar refractivity (Wildman–Crippen MR) is 64.4 cm³/mol. The quantitative estimate of drug-likeness (QED) is 0.511. The molecule has 0 amide bonds. The zero-order valence-corrected chi connectivity index (χ0v) is 8.97. The lowest BCUT2D eigenvalue weighted by Gasteiger charge is -2.26. The van der Waals surface area contributed by atoms with Crippen LogP contribution in [0.3, 0.4) is 0 Å². The van der Waals surface area contributed by atoms with Crippen LogP contribution in [0.4, 0.5) is 0 Å². The van der Waals surface area contributed by atoms with E-state index in [4.69, 9.17) is 4.84 Å². The molecular weight excluding hydrogens is 186 g/mol. The smallest absolute Gasteiger partial charge is 0.0132 e. The average molecular weight is 202 g/mol. The van der Waals surface area contributed by atoms with Crippen molar-refractivity contribution < 1.29 is 4.84 Å². The molecule has 0 spiro atoms. The van der Waals surface area contributed by atoms with E-state index >= 15 is 0 Å². The molecule has 0 heterocycles. The fourth-order valence-electron chi connectivity index (χ4n) is 1.25. The first-order chi connectivity index (χ1) is 7.36. The summed E-state index contributed by atoms with van der Waals surface area (Å²) in [5.74, 6) is 0. The molecule has 0 saturated heterocycles. The Morgan fingerprint density at radius 3 is 2.73 bits per heavy atom. The maximum atomic E-state index is 4.77. The van der Waals surface area contributed by atoms with Gasteiger partial charge in [0.15, 0.2) is 0 Å². The second-order valence-corrected chi connectivity index (χ2v) is 3.15. The van der Waals surface area contributed by atoms with E-state index in [1.54, 1.807) is 7.11 Å². The number of hydroxylamine groups is 1. The number of hydrogen-bond acceptors (Lipinski definition) is 1. The normalized spacial score (nSPS) is 12.9. The van der Waals surface area contributed by atoms with E-state index in [1.807, 2.05) is 48.6 Å². The second kappa shape index (κ2) is 6.98. The molecule has 0 N–H and O–H groups in total. The first kappa shape index (κ1) is 11.7. The van der Waals surface area contributed by atoms with Crippen LogP contribution in [-0.2, 0) is 4.84 Å². The van der Waals surface area contributed by atoms with Crippen LogP contribution < -0.4 is 0 Å². The van der Waals surface area contributed by atoms with Gasteiger partial charge in [-0.1, -0.05) is 54.6 Å². The van der Waals surface area contributed by atoms with E-state index in [-0.39, 0.29) is 6.04 Å². The van der Waals surface area contributed by atoms with Gasteiger partial charge in [0, 0.05) is 7.11 Å². The third-order valence-corrected chi connectivity index (χ3v) is 1.96. The van der Waals surface area contributed by atoms with Crippen LogP contribution in [0.1, 0.15) is 12.0 Å². The van der Waals surface area contributed by atoms with Crippen molar-refractivity contribution in [2.75, 3.05) is 7.11 Å². The van der Waals surface area contributed by atoms with Crippen LogP contribution in [-0.4, -0.2) is 13.2 Å². The molecule has 0 aliphatic carbocycles. The first-order valence-corrected chi connectivity index (χ1v) is 4.94. The number of nitrogens with zero attached hydrogens (tertiary/aromatic N) is 1. The summed E-state index contributed by atoms with van der Waals surface area (Å²) in [5.41, 5.74) is 5.14. The van der Waals surface area contributed by atoms with Crippen molar-refractivity contribution in [1.82, 2.24) is 0 Å². The lowest BCUT2D eigenvalue weighted by Crippen LogP contribution is -2.00. The van der Waals surface area contributed by atoms with E-state index in [9.17, 15) is 0 Å². The van der Waals surface area contributed by atoms with Crippen molar-refractivity contribution in [1.29, 1.82) is 0 Å². The largest absolute Gasteiger partial charge is 0.528 e. The fraction of sp³-hybridized carbons (Fsp3) is 0.231. The minimum Gasteiger partial charge on any atom is -0.528 e. The Labute approximate surface area is 91.2 Å². The lowest BCUT2D eigenvalue weighted by molar-refractivity contribution is 0.276. The maximum absolute atomic E-state index is 4.77. The van der Waals surface area contributed by atoms with Gasteiger partial charge >= 0.3 is 0 Å². The van der Waals surface area contributed by atoms with Gasteiger partial charge in [0.25, 0.3) is 0 Å². The van der Waals surface area contributed by atoms with Crippen LogP contribution >= 0.6 is 0 Å². The van der Waals surface area contributed by atoms with Crippen molar-refractivity contribution in [2.45, 2.75) is 12.5 Å². The van der Waals surface area contributed by atoms with Gasteiger partial charge in [0.2, 0.25) is 0 Å². The molecule has 0 aliphatic heterocycles. The summed E-state index contributed by atoms with van der Waals surface area (Å²) < 4.78 is 0. The Bertz CT molecular complexity index is 306. The van der Waals surface area contributed by atoms with E-state index in [2.05, 4.69) is 12.1 Å². The van der Waals surface area contributed by atoms with Gasteiger partial charge in [-0.2, -0.15) is 0 Å². The highest BCUT2D eigenvalue weighted by atomic mass is 16.6. The van der Waals surface area contributed by atoms with Gasteiger partial charge in [-0.15, -0.1) is 6.58 Å². The van der Waals surface area contributed by atoms with Gasteiger partial charge in [-0.3, -0.25) is 0 Å². The topological polar surface area (TPSA) is 23.3 Å². The molecule has 0 fully saturated rings. The highest BCUT2D eigenvalue weighted by molar-refractivity contribution is 5.50. The summed E-state index contributed by atoms with van der Waals surface area (Å²) in [6.45, 7) is 3.69. The summed E-state index contributed by atoms with van der Waals surface area (Å²) in [6.07, 6.45) is 6.68. The van der Waals surface area contributed by atoms with Crippen molar-refractivity contribution in [3.8, 4) is 0 Å². The first-order valence-electron chi connectivity index (χ1n) is 4.94. The molecule has 2 nitrogen and oxygen atoms in total. The molecule has 1 atom stereocenters. The molecular formula is C13H16NO-. The summed E-state index contributed by atoms with van der Waals surface area (Å²) in [6, 6.07) is 10.2. The molecule has 0 aromatic heterocycles. The van der Waals surface area contributed by atoms with E-state index in [0.717, 1.165) is 12.0 Å². The summed E-state index contributed by atoms with van der Waals surface area (Å²) in [7, 11) is 1.56. The maximum Gasteiger partial charge on any atom is 0.0132 e. The van der Waals surface area contributed by atoms with E-state index < -0.39 is 0 Å². The lowest BCUT2D eigenvalue weighted by atomic mass is 10.1. The van der Waals surface area contributed by atoms with Crippen molar-refractivity contribution in [2.24, 2.45) is 0 Å². The second-order valence-electron chi connectivity index (χ2n) is 3.15. The van der Waals surface area contributed by atoms with Crippen molar-refractivity contribution >= 4 is 6.08 Å². The van der Waals surface area contributed by atoms with Gasteiger partial charge in [-0.05, 0) is 12.0 Å². The average Bonchev–Trinajstić information content (AvgIpc) is 2.28. The molecule has 1 unspecified atom stereocenters. The van der Waals surface area contributed by atoms with Gasteiger partial charge in [-0.25, -0.2) is 0 Å². The number of hydrogen-bond donors (Lipinski definition) is 0. The highest BCUT2D eigenvalue weighted by Crippen LogP contribution is 2.10. The highest BCUT2D eigenvalue weighted by Gasteiger charge is 1.89. The fourth-order valence-corrected chi connectivity index (χ4v) is 1.25. The standard InChI is InChI=1S/C13H16NO/c1-3-7-13(14-15-2)11-10-12-8-5-4-6-9-12/h3-6,8-11,13H,1,7H2,2H3/q-1/b11-10+. The van der Waals surface area contributed by atoms with Crippen LogP contribution in [0, 0.1) is 0 Å².